The maximum Gasteiger partial charge on any atom is 0.339 e. The van der Waals surface area contributed by atoms with Gasteiger partial charge in [-0.1, -0.05) is 18.2 Å². The first-order valence-electron chi connectivity index (χ1n) is 7.92. The first-order chi connectivity index (χ1) is 12.8. The van der Waals surface area contributed by atoms with E-state index in [9.17, 15) is 23.1 Å². The van der Waals surface area contributed by atoms with Gasteiger partial charge in [-0.2, -0.15) is 0 Å². The number of hydrogen-bond donors (Lipinski definition) is 2. The molecule has 2 aromatic carbocycles. The van der Waals surface area contributed by atoms with Gasteiger partial charge in [0.1, 0.15) is 17.1 Å². The first-order valence-corrected chi connectivity index (χ1v) is 9.57. The lowest BCUT2D eigenvalue weighted by Crippen LogP contribution is -2.19. The van der Waals surface area contributed by atoms with Crippen LogP contribution in [0.2, 0.25) is 0 Å². The Kier molecular flexibility index (Phi) is 6.78. The highest BCUT2D eigenvalue weighted by Crippen LogP contribution is 2.23. The standard InChI is InChI=1S/C18H18O8S/c19-16-11-13(7-8-15(16)18(21)22)25-9-4-10-26-17(20)12-27(23,24)14-5-2-1-3-6-14/h1-3,5-8,11,19H,4,9-10,12H2,(H,21,22). The van der Waals surface area contributed by atoms with Crippen molar-refractivity contribution in [3.63, 3.8) is 0 Å². The largest absolute Gasteiger partial charge is 0.507 e. The topological polar surface area (TPSA) is 127 Å². The zero-order chi connectivity index (χ0) is 19.9. The number of esters is 1. The summed E-state index contributed by atoms with van der Waals surface area (Å²) in [5.74, 6) is -3.02. The molecule has 0 atom stereocenters. The van der Waals surface area contributed by atoms with Crippen molar-refractivity contribution in [2.75, 3.05) is 19.0 Å². The number of aromatic carboxylic acids is 1. The molecule has 2 N–H and O–H groups in total. The summed E-state index contributed by atoms with van der Waals surface area (Å²) >= 11 is 0. The van der Waals surface area contributed by atoms with Gasteiger partial charge in [-0.15, -0.1) is 0 Å². The van der Waals surface area contributed by atoms with Gasteiger partial charge >= 0.3 is 11.9 Å². The molecule has 27 heavy (non-hydrogen) atoms. The minimum atomic E-state index is -3.74. The molecule has 2 aromatic rings. The summed E-state index contributed by atoms with van der Waals surface area (Å²) in [6.07, 6.45) is 0.290. The van der Waals surface area contributed by atoms with Crippen LogP contribution in [-0.2, 0) is 19.4 Å². The number of ether oxygens (including phenoxy) is 2. The molecule has 0 saturated heterocycles. The second-order valence-corrected chi connectivity index (χ2v) is 7.47. The molecule has 0 aromatic heterocycles. The molecule has 0 fully saturated rings. The van der Waals surface area contributed by atoms with Crippen molar-refractivity contribution < 1.29 is 37.7 Å². The highest BCUT2D eigenvalue weighted by atomic mass is 32.2. The third kappa shape index (κ3) is 6.00. The summed E-state index contributed by atoms with van der Waals surface area (Å²) in [6.45, 7) is 0.0902. The van der Waals surface area contributed by atoms with E-state index in [-0.39, 0.29) is 29.4 Å². The number of carboxylic acids is 1. The van der Waals surface area contributed by atoms with E-state index in [1.165, 1.54) is 30.3 Å². The third-order valence-corrected chi connectivity index (χ3v) is 5.04. The van der Waals surface area contributed by atoms with Crippen LogP contribution in [0.4, 0.5) is 0 Å². The second kappa shape index (κ2) is 9.04. The van der Waals surface area contributed by atoms with Crippen LogP contribution in [0.25, 0.3) is 0 Å². The lowest BCUT2D eigenvalue weighted by Gasteiger charge is -2.09. The number of rotatable bonds is 9. The van der Waals surface area contributed by atoms with E-state index in [1.54, 1.807) is 18.2 Å². The summed E-state index contributed by atoms with van der Waals surface area (Å²) in [5, 5.41) is 18.4. The van der Waals surface area contributed by atoms with Crippen LogP contribution in [0.5, 0.6) is 11.5 Å². The fraction of sp³-hybridized carbons (Fsp3) is 0.222. The monoisotopic (exact) mass is 394 g/mol. The molecule has 0 saturated carbocycles. The van der Waals surface area contributed by atoms with Crippen molar-refractivity contribution in [2.24, 2.45) is 0 Å². The average Bonchev–Trinajstić information content (AvgIpc) is 2.61. The van der Waals surface area contributed by atoms with Gasteiger partial charge in [-0.25, -0.2) is 13.2 Å². The van der Waals surface area contributed by atoms with Gasteiger partial charge in [-0.05, 0) is 24.3 Å². The number of carbonyl (C=O) groups excluding carboxylic acids is 1. The number of carbonyl (C=O) groups is 2. The molecule has 9 heteroatoms. The van der Waals surface area contributed by atoms with E-state index in [2.05, 4.69) is 0 Å². The van der Waals surface area contributed by atoms with E-state index in [4.69, 9.17) is 14.6 Å². The molecule has 8 nitrogen and oxygen atoms in total. The zero-order valence-corrected chi connectivity index (χ0v) is 15.0. The quantitative estimate of drug-likeness (QED) is 0.487. The predicted molar refractivity (Wildman–Crippen MR) is 94.6 cm³/mol. The van der Waals surface area contributed by atoms with Crippen molar-refractivity contribution in [1.82, 2.24) is 0 Å². The first kappa shape index (κ1) is 20.2. The molecule has 0 aliphatic rings. The van der Waals surface area contributed by atoms with Crippen LogP contribution < -0.4 is 4.74 Å². The normalized spacial score (nSPS) is 11.0. The van der Waals surface area contributed by atoms with Crippen molar-refractivity contribution in [1.29, 1.82) is 0 Å². The molecule has 0 aliphatic carbocycles. The zero-order valence-electron chi connectivity index (χ0n) is 14.2. The lowest BCUT2D eigenvalue weighted by molar-refractivity contribution is -0.140. The van der Waals surface area contributed by atoms with Crippen molar-refractivity contribution >= 4 is 21.8 Å². The van der Waals surface area contributed by atoms with Crippen LogP contribution >= 0.6 is 0 Å². The van der Waals surface area contributed by atoms with E-state index < -0.39 is 33.3 Å². The Balaban J connectivity index is 1.73. The van der Waals surface area contributed by atoms with Crippen LogP contribution in [0.1, 0.15) is 16.8 Å². The molecule has 0 unspecified atom stereocenters. The second-order valence-electron chi connectivity index (χ2n) is 5.48. The minimum Gasteiger partial charge on any atom is -0.507 e. The van der Waals surface area contributed by atoms with Crippen LogP contribution in [-0.4, -0.2) is 49.5 Å². The fourth-order valence-electron chi connectivity index (χ4n) is 2.13. The molecule has 0 heterocycles. The van der Waals surface area contributed by atoms with Crippen LogP contribution in [0.3, 0.4) is 0 Å². The molecule has 0 amide bonds. The number of hydrogen-bond acceptors (Lipinski definition) is 7. The van der Waals surface area contributed by atoms with Crippen LogP contribution in [0, 0.1) is 0 Å². The van der Waals surface area contributed by atoms with Crippen molar-refractivity contribution in [3.05, 3.63) is 54.1 Å². The van der Waals surface area contributed by atoms with E-state index in [0.717, 1.165) is 0 Å². The average molecular weight is 394 g/mol. The highest BCUT2D eigenvalue weighted by Gasteiger charge is 2.20. The van der Waals surface area contributed by atoms with E-state index >= 15 is 0 Å². The fourth-order valence-corrected chi connectivity index (χ4v) is 3.26. The number of sulfone groups is 1. The summed E-state index contributed by atoms with van der Waals surface area (Å²) < 4.78 is 34.3. The summed E-state index contributed by atoms with van der Waals surface area (Å²) in [7, 11) is -3.74. The molecular weight excluding hydrogens is 376 g/mol. The van der Waals surface area contributed by atoms with E-state index in [0.29, 0.717) is 6.42 Å². The summed E-state index contributed by atoms with van der Waals surface area (Å²) in [4.78, 5) is 22.5. The van der Waals surface area contributed by atoms with Gasteiger partial charge in [0, 0.05) is 12.5 Å². The predicted octanol–water partition coefficient (Wildman–Crippen LogP) is 1.88. The van der Waals surface area contributed by atoms with Crippen molar-refractivity contribution in [3.8, 4) is 11.5 Å². The van der Waals surface area contributed by atoms with Gasteiger partial charge in [0.25, 0.3) is 0 Å². The number of carboxylic acid groups (broad SMARTS) is 1. The maximum atomic E-state index is 12.0. The van der Waals surface area contributed by atoms with E-state index in [1.807, 2.05) is 0 Å². The minimum absolute atomic E-state index is 0.0394. The van der Waals surface area contributed by atoms with Gasteiger partial charge in [0.05, 0.1) is 18.1 Å². The number of phenols is 1. The van der Waals surface area contributed by atoms with Crippen LogP contribution in [0.15, 0.2) is 53.4 Å². The lowest BCUT2D eigenvalue weighted by atomic mass is 10.2. The highest BCUT2D eigenvalue weighted by molar-refractivity contribution is 7.92. The Hall–Kier alpha value is -3.07. The Bertz CT molecular complexity index is 906. The maximum absolute atomic E-state index is 12.0. The molecule has 0 radical (unpaired) electrons. The number of aromatic hydroxyl groups is 1. The summed E-state index contributed by atoms with van der Waals surface area (Å²) in [6, 6.07) is 11.4. The van der Waals surface area contributed by atoms with Gasteiger partial charge in [-0.3, -0.25) is 4.79 Å². The SMILES string of the molecule is O=C(CS(=O)(=O)c1ccccc1)OCCCOc1ccc(C(=O)O)c(O)c1. The molecule has 144 valence electrons. The molecular formula is C18H18O8S. The Morgan fingerprint density at radius 3 is 2.33 bits per heavy atom. The number of benzene rings is 2. The van der Waals surface area contributed by atoms with Gasteiger partial charge < -0.3 is 19.7 Å². The Labute approximate surface area is 155 Å². The van der Waals surface area contributed by atoms with Gasteiger partial charge in [0.2, 0.25) is 0 Å². The molecule has 2 rings (SSSR count). The van der Waals surface area contributed by atoms with Crippen molar-refractivity contribution in [2.45, 2.75) is 11.3 Å². The third-order valence-electron chi connectivity index (χ3n) is 3.43. The summed E-state index contributed by atoms with van der Waals surface area (Å²) in [5.41, 5.74) is -0.240. The van der Waals surface area contributed by atoms with Gasteiger partial charge in [0.15, 0.2) is 15.6 Å². The smallest absolute Gasteiger partial charge is 0.339 e. The molecule has 0 bridgehead atoms. The Morgan fingerprint density at radius 1 is 1.00 bits per heavy atom. The molecule has 0 aliphatic heterocycles. The Morgan fingerprint density at radius 2 is 1.70 bits per heavy atom. The molecule has 0 spiro atoms.